The third-order valence-electron chi connectivity index (χ3n) is 2.92. The van der Waals surface area contributed by atoms with Gasteiger partial charge >= 0.3 is 0 Å². The highest BCUT2D eigenvalue weighted by atomic mass is 79.9. The van der Waals surface area contributed by atoms with Gasteiger partial charge in [0.25, 0.3) is 5.56 Å². The van der Waals surface area contributed by atoms with Crippen LogP contribution in [0.2, 0.25) is 0 Å². The molecule has 2 aromatic rings. The number of aryl methyl sites for hydroxylation is 1. The Bertz CT molecular complexity index is 680. The van der Waals surface area contributed by atoms with E-state index in [-0.39, 0.29) is 17.3 Å². The molecule has 0 bridgehead atoms. The molecular formula is C14H14BrFN2O. The molecule has 1 heterocycles. The lowest BCUT2D eigenvalue weighted by Crippen LogP contribution is -2.18. The average molecular weight is 325 g/mol. The van der Waals surface area contributed by atoms with E-state index < -0.39 is 0 Å². The highest BCUT2D eigenvalue weighted by Crippen LogP contribution is 2.22. The van der Waals surface area contributed by atoms with Gasteiger partial charge in [0.1, 0.15) is 11.6 Å². The molecule has 1 aromatic heterocycles. The van der Waals surface area contributed by atoms with Crippen LogP contribution in [0, 0.1) is 12.7 Å². The maximum Gasteiger partial charge on any atom is 0.254 e. The quantitative estimate of drug-likeness (QED) is 0.913. The van der Waals surface area contributed by atoms with Crippen molar-refractivity contribution in [2.24, 2.45) is 0 Å². The standard InChI is InChI=1S/C14H14BrFN2O/c1-7(2)12-8(3)17-13(18-14(12)19)9-4-5-10(15)11(16)6-9/h4-7H,1-3H3,(H,17,18,19). The van der Waals surface area contributed by atoms with Crippen LogP contribution in [-0.2, 0) is 0 Å². The number of aromatic nitrogens is 2. The minimum absolute atomic E-state index is 0.104. The molecule has 1 aromatic carbocycles. The van der Waals surface area contributed by atoms with Gasteiger partial charge < -0.3 is 4.98 Å². The summed E-state index contributed by atoms with van der Waals surface area (Å²) in [4.78, 5) is 19.1. The summed E-state index contributed by atoms with van der Waals surface area (Å²) in [5.74, 6) is 0.107. The van der Waals surface area contributed by atoms with E-state index in [9.17, 15) is 9.18 Å². The lowest BCUT2D eigenvalue weighted by molar-refractivity contribution is 0.621. The summed E-state index contributed by atoms with van der Waals surface area (Å²) in [5.41, 5.74) is 1.73. The van der Waals surface area contributed by atoms with Crippen LogP contribution in [0.3, 0.4) is 0 Å². The molecule has 0 atom stereocenters. The minimum atomic E-state index is -0.384. The molecule has 0 fully saturated rings. The topological polar surface area (TPSA) is 45.8 Å². The van der Waals surface area contributed by atoms with Crippen molar-refractivity contribution in [2.45, 2.75) is 26.7 Å². The van der Waals surface area contributed by atoms with Crippen LogP contribution in [-0.4, -0.2) is 9.97 Å². The lowest BCUT2D eigenvalue weighted by atomic mass is 10.0. The van der Waals surface area contributed by atoms with E-state index in [4.69, 9.17) is 0 Å². The number of hydrogen-bond donors (Lipinski definition) is 1. The third-order valence-corrected chi connectivity index (χ3v) is 3.56. The summed E-state index contributed by atoms with van der Waals surface area (Å²) >= 11 is 3.09. The van der Waals surface area contributed by atoms with E-state index in [0.29, 0.717) is 27.1 Å². The van der Waals surface area contributed by atoms with Gasteiger partial charge in [0, 0.05) is 16.8 Å². The van der Waals surface area contributed by atoms with Gasteiger partial charge in [-0.05, 0) is 47.0 Å². The minimum Gasteiger partial charge on any atom is -0.306 e. The summed E-state index contributed by atoms with van der Waals surface area (Å²) in [6.07, 6.45) is 0. The van der Waals surface area contributed by atoms with Crippen molar-refractivity contribution in [1.29, 1.82) is 0 Å². The van der Waals surface area contributed by atoms with E-state index in [1.54, 1.807) is 19.1 Å². The van der Waals surface area contributed by atoms with Crippen molar-refractivity contribution in [2.75, 3.05) is 0 Å². The second kappa shape index (κ2) is 5.25. The molecule has 2 rings (SSSR count). The van der Waals surface area contributed by atoms with Crippen molar-refractivity contribution in [3.05, 3.63) is 50.1 Å². The van der Waals surface area contributed by atoms with E-state index in [1.165, 1.54) is 6.07 Å². The normalized spacial score (nSPS) is 11.1. The molecule has 3 nitrogen and oxygen atoms in total. The number of halogens is 2. The SMILES string of the molecule is Cc1nc(-c2ccc(Br)c(F)c2)[nH]c(=O)c1C(C)C. The van der Waals surface area contributed by atoms with Gasteiger partial charge in [-0.1, -0.05) is 13.8 Å². The predicted molar refractivity (Wildman–Crippen MR) is 76.8 cm³/mol. The van der Waals surface area contributed by atoms with Gasteiger partial charge in [0.15, 0.2) is 0 Å². The van der Waals surface area contributed by atoms with Gasteiger partial charge in [-0.2, -0.15) is 0 Å². The molecular weight excluding hydrogens is 311 g/mol. The van der Waals surface area contributed by atoms with Crippen LogP contribution < -0.4 is 5.56 Å². The summed E-state index contributed by atoms with van der Waals surface area (Å²) in [5, 5.41) is 0. The number of H-pyrrole nitrogens is 1. The molecule has 0 radical (unpaired) electrons. The smallest absolute Gasteiger partial charge is 0.254 e. The van der Waals surface area contributed by atoms with Crippen LogP contribution in [0.15, 0.2) is 27.5 Å². The highest BCUT2D eigenvalue weighted by Gasteiger charge is 2.13. The molecule has 0 saturated carbocycles. The summed E-state index contributed by atoms with van der Waals surface area (Å²) in [6, 6.07) is 4.65. The maximum atomic E-state index is 13.5. The molecule has 0 aliphatic heterocycles. The summed E-state index contributed by atoms with van der Waals surface area (Å²) in [6.45, 7) is 5.68. The second-order valence-electron chi connectivity index (χ2n) is 4.70. The first-order chi connectivity index (χ1) is 8.90. The molecule has 5 heteroatoms. The van der Waals surface area contributed by atoms with Gasteiger partial charge in [-0.15, -0.1) is 0 Å². The first kappa shape index (κ1) is 13.9. The molecule has 100 valence electrons. The van der Waals surface area contributed by atoms with Crippen molar-refractivity contribution >= 4 is 15.9 Å². The molecule has 0 amide bonds. The zero-order valence-electron chi connectivity index (χ0n) is 10.9. The van der Waals surface area contributed by atoms with E-state index in [0.717, 1.165) is 0 Å². The number of nitrogens with one attached hydrogen (secondary N) is 1. The van der Waals surface area contributed by atoms with Crippen LogP contribution in [0.25, 0.3) is 11.4 Å². The van der Waals surface area contributed by atoms with E-state index >= 15 is 0 Å². The molecule has 1 N–H and O–H groups in total. The Morgan fingerprint density at radius 1 is 1.37 bits per heavy atom. The number of hydrogen-bond acceptors (Lipinski definition) is 2. The molecule has 19 heavy (non-hydrogen) atoms. The fourth-order valence-electron chi connectivity index (χ4n) is 2.06. The predicted octanol–water partition coefficient (Wildman–Crippen LogP) is 3.77. The van der Waals surface area contributed by atoms with Crippen LogP contribution in [0.4, 0.5) is 4.39 Å². The Morgan fingerprint density at radius 2 is 2.05 bits per heavy atom. The van der Waals surface area contributed by atoms with Crippen LogP contribution >= 0.6 is 15.9 Å². The first-order valence-electron chi connectivity index (χ1n) is 5.96. The second-order valence-corrected chi connectivity index (χ2v) is 5.55. The molecule has 0 saturated heterocycles. The molecule has 0 unspecified atom stereocenters. The third kappa shape index (κ3) is 2.76. The van der Waals surface area contributed by atoms with Gasteiger partial charge in [-0.25, -0.2) is 9.37 Å². The Kier molecular flexibility index (Phi) is 3.85. The van der Waals surface area contributed by atoms with Crippen molar-refractivity contribution in [1.82, 2.24) is 9.97 Å². The number of nitrogens with zero attached hydrogens (tertiary/aromatic N) is 1. The average Bonchev–Trinajstić information content (AvgIpc) is 2.31. The van der Waals surface area contributed by atoms with E-state index in [2.05, 4.69) is 25.9 Å². The van der Waals surface area contributed by atoms with Crippen molar-refractivity contribution in [3.63, 3.8) is 0 Å². The Hall–Kier alpha value is -1.49. The summed E-state index contributed by atoms with van der Waals surface area (Å²) in [7, 11) is 0. The lowest BCUT2D eigenvalue weighted by Gasteiger charge is -2.10. The first-order valence-corrected chi connectivity index (χ1v) is 6.75. The Labute approximate surface area is 119 Å². The summed E-state index contributed by atoms with van der Waals surface area (Å²) < 4.78 is 13.9. The monoisotopic (exact) mass is 324 g/mol. The van der Waals surface area contributed by atoms with E-state index in [1.807, 2.05) is 13.8 Å². The molecule has 0 aliphatic carbocycles. The highest BCUT2D eigenvalue weighted by molar-refractivity contribution is 9.10. The Balaban J connectivity index is 2.58. The molecule has 0 aliphatic rings. The van der Waals surface area contributed by atoms with Crippen molar-refractivity contribution < 1.29 is 4.39 Å². The van der Waals surface area contributed by atoms with Gasteiger partial charge in [-0.3, -0.25) is 4.79 Å². The number of aromatic amines is 1. The van der Waals surface area contributed by atoms with Gasteiger partial charge in [0.2, 0.25) is 0 Å². The number of benzene rings is 1. The maximum absolute atomic E-state index is 13.5. The fourth-order valence-corrected chi connectivity index (χ4v) is 2.30. The largest absolute Gasteiger partial charge is 0.306 e. The van der Waals surface area contributed by atoms with Gasteiger partial charge in [0.05, 0.1) is 4.47 Å². The fraction of sp³-hybridized carbons (Fsp3) is 0.286. The molecule has 0 spiro atoms. The zero-order valence-corrected chi connectivity index (χ0v) is 12.5. The van der Waals surface area contributed by atoms with Crippen LogP contribution in [0.1, 0.15) is 31.0 Å². The number of rotatable bonds is 2. The Morgan fingerprint density at radius 3 is 2.58 bits per heavy atom. The van der Waals surface area contributed by atoms with Crippen molar-refractivity contribution in [3.8, 4) is 11.4 Å². The van der Waals surface area contributed by atoms with Crippen LogP contribution in [0.5, 0.6) is 0 Å². The zero-order chi connectivity index (χ0) is 14.2.